The number of hydrogen-bond donors (Lipinski definition) is 2. The molecule has 2 saturated carbocycles. The van der Waals surface area contributed by atoms with E-state index in [-0.39, 0.29) is 11.9 Å². The average molecular weight is 196 g/mol. The first-order valence-electron chi connectivity index (χ1n) is 5.45. The van der Waals surface area contributed by atoms with Gasteiger partial charge in [-0.05, 0) is 37.5 Å². The summed E-state index contributed by atoms with van der Waals surface area (Å²) in [6, 6.07) is 0.276. The molecule has 3 heteroatoms. The lowest BCUT2D eigenvalue weighted by Crippen LogP contribution is -2.47. The lowest BCUT2D eigenvalue weighted by atomic mass is 10.0. The van der Waals surface area contributed by atoms with Crippen LogP contribution in [-0.4, -0.2) is 17.5 Å². The number of carbonyl (C=O) groups is 1. The molecule has 14 heavy (non-hydrogen) atoms. The van der Waals surface area contributed by atoms with Gasteiger partial charge in [-0.3, -0.25) is 4.79 Å². The van der Waals surface area contributed by atoms with Crippen molar-refractivity contribution in [1.82, 2.24) is 5.32 Å². The molecule has 0 spiro atoms. The summed E-state index contributed by atoms with van der Waals surface area (Å²) in [5.41, 5.74) is 5.71. The predicted molar refractivity (Wildman–Crippen MR) is 55.6 cm³/mol. The molecule has 0 saturated heterocycles. The molecule has 0 aromatic heterocycles. The van der Waals surface area contributed by atoms with E-state index in [2.05, 4.69) is 26.1 Å². The van der Waals surface area contributed by atoms with E-state index in [1.807, 2.05) is 0 Å². The first kappa shape index (κ1) is 9.97. The van der Waals surface area contributed by atoms with Crippen LogP contribution >= 0.6 is 0 Å². The second-order valence-electron chi connectivity index (χ2n) is 5.72. The van der Waals surface area contributed by atoms with Gasteiger partial charge in [-0.1, -0.05) is 13.8 Å². The molecule has 2 rings (SSSR count). The first-order chi connectivity index (χ1) is 6.35. The van der Waals surface area contributed by atoms with Gasteiger partial charge in [0.25, 0.3) is 0 Å². The Morgan fingerprint density at radius 3 is 2.36 bits per heavy atom. The van der Waals surface area contributed by atoms with Crippen molar-refractivity contribution in [3.8, 4) is 0 Å². The first-order valence-corrected chi connectivity index (χ1v) is 5.45. The Kier molecular flexibility index (Phi) is 1.94. The molecule has 2 atom stereocenters. The Bertz CT molecular complexity index is 268. The van der Waals surface area contributed by atoms with E-state index in [0.29, 0.717) is 11.3 Å². The van der Waals surface area contributed by atoms with Crippen LogP contribution in [0.15, 0.2) is 0 Å². The van der Waals surface area contributed by atoms with E-state index in [1.54, 1.807) is 0 Å². The Balaban J connectivity index is 1.84. The molecule has 0 aliphatic heterocycles. The third-order valence-electron chi connectivity index (χ3n) is 3.79. The molecule has 0 aromatic carbocycles. The summed E-state index contributed by atoms with van der Waals surface area (Å²) in [6.07, 6.45) is 2.91. The maximum atomic E-state index is 11.6. The summed E-state index contributed by atoms with van der Waals surface area (Å²) < 4.78 is 0. The molecular weight excluding hydrogens is 176 g/mol. The van der Waals surface area contributed by atoms with Gasteiger partial charge in [-0.25, -0.2) is 0 Å². The molecule has 2 aliphatic carbocycles. The van der Waals surface area contributed by atoms with Gasteiger partial charge in [-0.2, -0.15) is 0 Å². The third-order valence-corrected chi connectivity index (χ3v) is 3.79. The van der Waals surface area contributed by atoms with Crippen LogP contribution in [0.25, 0.3) is 0 Å². The maximum absolute atomic E-state index is 11.6. The fourth-order valence-corrected chi connectivity index (χ4v) is 2.17. The molecule has 3 nitrogen and oxygen atoms in total. The van der Waals surface area contributed by atoms with Gasteiger partial charge in [0.05, 0.1) is 5.54 Å². The number of hydrogen-bond acceptors (Lipinski definition) is 2. The van der Waals surface area contributed by atoms with E-state index >= 15 is 0 Å². The monoisotopic (exact) mass is 196 g/mol. The second-order valence-corrected chi connectivity index (χ2v) is 5.72. The van der Waals surface area contributed by atoms with Crippen molar-refractivity contribution in [2.24, 2.45) is 17.1 Å². The van der Waals surface area contributed by atoms with Crippen LogP contribution in [0.5, 0.6) is 0 Å². The summed E-state index contributed by atoms with van der Waals surface area (Å²) in [6.45, 7) is 6.58. The zero-order valence-electron chi connectivity index (χ0n) is 9.26. The smallest absolute Gasteiger partial charge is 0.240 e. The largest absolute Gasteiger partial charge is 0.352 e. The van der Waals surface area contributed by atoms with Crippen molar-refractivity contribution in [3.05, 3.63) is 0 Å². The van der Waals surface area contributed by atoms with E-state index in [0.717, 1.165) is 12.8 Å². The van der Waals surface area contributed by atoms with Gasteiger partial charge in [-0.15, -0.1) is 0 Å². The quantitative estimate of drug-likeness (QED) is 0.708. The minimum absolute atomic E-state index is 0.0488. The van der Waals surface area contributed by atoms with E-state index in [4.69, 9.17) is 5.73 Å². The zero-order chi connectivity index (χ0) is 10.6. The lowest BCUT2D eigenvalue weighted by molar-refractivity contribution is -0.124. The van der Waals surface area contributed by atoms with Gasteiger partial charge in [0, 0.05) is 6.04 Å². The normalized spacial score (nSPS) is 33.3. The fraction of sp³-hybridized carbons (Fsp3) is 0.909. The summed E-state index contributed by atoms with van der Waals surface area (Å²) in [5.74, 6) is 0.682. The van der Waals surface area contributed by atoms with Crippen molar-refractivity contribution < 1.29 is 4.79 Å². The number of nitrogens with one attached hydrogen (secondary N) is 1. The van der Waals surface area contributed by atoms with Crippen LogP contribution < -0.4 is 11.1 Å². The summed E-state index contributed by atoms with van der Waals surface area (Å²) in [4.78, 5) is 11.6. The molecule has 0 heterocycles. The highest BCUT2D eigenvalue weighted by atomic mass is 16.2. The van der Waals surface area contributed by atoms with Gasteiger partial charge in [0.2, 0.25) is 5.91 Å². The second kappa shape index (κ2) is 2.72. The van der Waals surface area contributed by atoms with Crippen molar-refractivity contribution in [1.29, 1.82) is 0 Å². The van der Waals surface area contributed by atoms with E-state index in [9.17, 15) is 4.79 Å². The Morgan fingerprint density at radius 1 is 1.50 bits per heavy atom. The summed E-state index contributed by atoms with van der Waals surface area (Å²) >= 11 is 0. The zero-order valence-corrected chi connectivity index (χ0v) is 9.26. The topological polar surface area (TPSA) is 55.1 Å². The van der Waals surface area contributed by atoms with Crippen LogP contribution in [0.2, 0.25) is 0 Å². The maximum Gasteiger partial charge on any atom is 0.240 e. The highest BCUT2D eigenvalue weighted by Gasteiger charge is 2.51. The van der Waals surface area contributed by atoms with Gasteiger partial charge in [0.15, 0.2) is 0 Å². The molecule has 80 valence electrons. The summed E-state index contributed by atoms with van der Waals surface area (Å²) in [7, 11) is 0. The van der Waals surface area contributed by atoms with Gasteiger partial charge >= 0.3 is 0 Å². The Morgan fingerprint density at radius 2 is 2.00 bits per heavy atom. The molecule has 0 radical (unpaired) electrons. The van der Waals surface area contributed by atoms with Crippen LogP contribution in [0.3, 0.4) is 0 Å². The summed E-state index contributed by atoms with van der Waals surface area (Å²) in [5, 5.41) is 3.04. The van der Waals surface area contributed by atoms with Gasteiger partial charge < -0.3 is 11.1 Å². The predicted octanol–water partition coefficient (Wildman–Crippen LogP) is 1.03. The Labute approximate surface area is 85.4 Å². The number of nitrogens with two attached hydrogens (primary N) is 1. The van der Waals surface area contributed by atoms with Crippen molar-refractivity contribution >= 4 is 5.91 Å². The van der Waals surface area contributed by atoms with Crippen LogP contribution in [-0.2, 0) is 4.79 Å². The van der Waals surface area contributed by atoms with E-state index < -0.39 is 5.54 Å². The van der Waals surface area contributed by atoms with Crippen LogP contribution in [0.1, 0.15) is 40.0 Å². The van der Waals surface area contributed by atoms with Crippen LogP contribution in [0, 0.1) is 11.3 Å². The SMILES string of the molecule is CC(NC(=O)C1(N)CC1)C1CC1(C)C. The number of carbonyl (C=O) groups excluding carboxylic acids is 1. The standard InChI is InChI=1S/C11H20N2O/c1-7(8-6-10(8,2)3)13-9(14)11(12)4-5-11/h7-8H,4-6,12H2,1-3H3,(H,13,14). The molecule has 2 aliphatic rings. The highest BCUT2D eigenvalue weighted by Crippen LogP contribution is 2.53. The average Bonchev–Trinajstić information content (AvgIpc) is 2.91. The molecule has 1 amide bonds. The lowest BCUT2D eigenvalue weighted by Gasteiger charge is -2.18. The molecule has 0 aromatic rings. The minimum Gasteiger partial charge on any atom is -0.352 e. The number of amides is 1. The highest BCUT2D eigenvalue weighted by molar-refractivity contribution is 5.89. The van der Waals surface area contributed by atoms with Crippen molar-refractivity contribution in [3.63, 3.8) is 0 Å². The van der Waals surface area contributed by atoms with Crippen molar-refractivity contribution in [2.75, 3.05) is 0 Å². The molecular formula is C11H20N2O. The minimum atomic E-state index is -0.521. The Hall–Kier alpha value is -0.570. The third kappa shape index (κ3) is 1.65. The molecule has 3 N–H and O–H groups in total. The molecule has 0 bridgehead atoms. The van der Waals surface area contributed by atoms with Gasteiger partial charge in [0.1, 0.15) is 0 Å². The molecule has 2 unspecified atom stereocenters. The van der Waals surface area contributed by atoms with E-state index in [1.165, 1.54) is 6.42 Å². The van der Waals surface area contributed by atoms with Crippen LogP contribution in [0.4, 0.5) is 0 Å². The fourth-order valence-electron chi connectivity index (χ4n) is 2.17. The number of rotatable bonds is 3. The van der Waals surface area contributed by atoms with Crippen molar-refractivity contribution in [2.45, 2.75) is 51.6 Å². The molecule has 2 fully saturated rings.